The SMILES string of the molecule is CC(NCc1cccc2c1NCCC2)c1nn[nH]n1. The first-order valence-electron chi connectivity index (χ1n) is 6.66. The molecule has 0 saturated carbocycles. The molecular weight excluding hydrogens is 240 g/mol. The van der Waals surface area contributed by atoms with Crippen LogP contribution in [-0.4, -0.2) is 27.2 Å². The predicted octanol–water partition coefficient (Wildman–Crippen LogP) is 1.41. The molecule has 1 aliphatic heterocycles. The Morgan fingerprint density at radius 1 is 1.42 bits per heavy atom. The van der Waals surface area contributed by atoms with Gasteiger partial charge in [-0.3, -0.25) is 0 Å². The van der Waals surface area contributed by atoms with E-state index in [0.717, 1.165) is 19.5 Å². The molecule has 3 N–H and O–H groups in total. The molecule has 2 heterocycles. The van der Waals surface area contributed by atoms with E-state index in [2.05, 4.69) is 49.5 Å². The van der Waals surface area contributed by atoms with Crippen LogP contribution in [0.4, 0.5) is 5.69 Å². The lowest BCUT2D eigenvalue weighted by molar-refractivity contribution is 0.546. The summed E-state index contributed by atoms with van der Waals surface area (Å²) < 4.78 is 0. The number of tetrazole rings is 1. The van der Waals surface area contributed by atoms with Gasteiger partial charge in [0.1, 0.15) is 0 Å². The van der Waals surface area contributed by atoms with E-state index in [1.807, 2.05) is 6.92 Å². The molecule has 1 aliphatic rings. The number of nitrogens with zero attached hydrogens (tertiary/aromatic N) is 3. The van der Waals surface area contributed by atoms with Crippen molar-refractivity contribution in [3.8, 4) is 0 Å². The summed E-state index contributed by atoms with van der Waals surface area (Å²) in [4.78, 5) is 0. The highest BCUT2D eigenvalue weighted by atomic mass is 15.5. The van der Waals surface area contributed by atoms with E-state index in [9.17, 15) is 0 Å². The van der Waals surface area contributed by atoms with Crippen molar-refractivity contribution in [3.05, 3.63) is 35.2 Å². The Hall–Kier alpha value is -1.95. The van der Waals surface area contributed by atoms with E-state index in [1.165, 1.54) is 23.2 Å². The number of hydrogen-bond acceptors (Lipinski definition) is 5. The first-order chi connectivity index (χ1) is 9.34. The van der Waals surface area contributed by atoms with Gasteiger partial charge < -0.3 is 10.6 Å². The molecule has 1 unspecified atom stereocenters. The van der Waals surface area contributed by atoms with Crippen LogP contribution in [0, 0.1) is 0 Å². The molecule has 19 heavy (non-hydrogen) atoms. The average molecular weight is 258 g/mol. The van der Waals surface area contributed by atoms with Crippen molar-refractivity contribution in [1.82, 2.24) is 25.9 Å². The Bertz CT molecular complexity index is 536. The van der Waals surface area contributed by atoms with Gasteiger partial charge in [0, 0.05) is 18.8 Å². The standard InChI is InChI=1S/C13H18N6/c1-9(13-16-18-19-17-13)15-8-11-5-2-4-10-6-3-7-14-12(10)11/h2,4-5,9,14-15H,3,6-8H2,1H3,(H,16,17,18,19). The average Bonchev–Trinajstić information content (AvgIpc) is 2.99. The Kier molecular flexibility index (Phi) is 3.41. The third-order valence-corrected chi connectivity index (χ3v) is 3.51. The van der Waals surface area contributed by atoms with Gasteiger partial charge in [-0.05, 0) is 30.9 Å². The van der Waals surface area contributed by atoms with Crippen molar-refractivity contribution < 1.29 is 0 Å². The summed E-state index contributed by atoms with van der Waals surface area (Å²) >= 11 is 0. The zero-order chi connectivity index (χ0) is 13.1. The summed E-state index contributed by atoms with van der Waals surface area (Å²) in [6.07, 6.45) is 2.37. The molecular formula is C13H18N6. The van der Waals surface area contributed by atoms with Crippen molar-refractivity contribution in [2.75, 3.05) is 11.9 Å². The summed E-state index contributed by atoms with van der Waals surface area (Å²) in [5.41, 5.74) is 4.01. The highest BCUT2D eigenvalue weighted by Gasteiger charge is 2.14. The zero-order valence-electron chi connectivity index (χ0n) is 11.0. The van der Waals surface area contributed by atoms with Crippen LogP contribution in [0.5, 0.6) is 0 Å². The van der Waals surface area contributed by atoms with Gasteiger partial charge in [0.25, 0.3) is 0 Å². The third kappa shape index (κ3) is 2.58. The molecule has 3 rings (SSSR count). The van der Waals surface area contributed by atoms with Gasteiger partial charge in [0.05, 0.1) is 6.04 Å². The molecule has 0 fully saturated rings. The van der Waals surface area contributed by atoms with Crippen LogP contribution in [0.15, 0.2) is 18.2 Å². The number of para-hydroxylation sites is 1. The minimum atomic E-state index is 0.0817. The Morgan fingerprint density at radius 3 is 3.21 bits per heavy atom. The summed E-state index contributed by atoms with van der Waals surface area (Å²) in [7, 11) is 0. The Labute approximate surface area is 112 Å². The molecule has 6 nitrogen and oxygen atoms in total. The number of aromatic amines is 1. The molecule has 0 amide bonds. The van der Waals surface area contributed by atoms with E-state index >= 15 is 0 Å². The second-order valence-electron chi connectivity index (χ2n) is 4.85. The maximum atomic E-state index is 3.99. The topological polar surface area (TPSA) is 78.5 Å². The second-order valence-corrected chi connectivity index (χ2v) is 4.85. The summed E-state index contributed by atoms with van der Waals surface area (Å²) in [5, 5.41) is 21.0. The van der Waals surface area contributed by atoms with E-state index in [4.69, 9.17) is 0 Å². The number of hydrogen-bond donors (Lipinski definition) is 3. The van der Waals surface area contributed by atoms with Gasteiger partial charge in [-0.15, -0.1) is 10.2 Å². The molecule has 6 heteroatoms. The maximum absolute atomic E-state index is 3.99. The second kappa shape index (κ2) is 5.36. The van der Waals surface area contributed by atoms with E-state index < -0.39 is 0 Å². The minimum absolute atomic E-state index is 0.0817. The molecule has 1 aromatic carbocycles. The number of anilines is 1. The fraction of sp³-hybridized carbons (Fsp3) is 0.462. The van der Waals surface area contributed by atoms with E-state index in [-0.39, 0.29) is 6.04 Å². The van der Waals surface area contributed by atoms with Gasteiger partial charge in [-0.1, -0.05) is 23.4 Å². The van der Waals surface area contributed by atoms with E-state index in [0.29, 0.717) is 5.82 Å². The van der Waals surface area contributed by atoms with Crippen LogP contribution < -0.4 is 10.6 Å². The monoisotopic (exact) mass is 258 g/mol. The zero-order valence-corrected chi connectivity index (χ0v) is 11.0. The van der Waals surface area contributed by atoms with Gasteiger partial charge in [0.2, 0.25) is 0 Å². The van der Waals surface area contributed by atoms with Crippen molar-refractivity contribution in [2.24, 2.45) is 0 Å². The molecule has 1 atom stereocenters. The fourth-order valence-electron chi connectivity index (χ4n) is 2.44. The fourth-order valence-corrected chi connectivity index (χ4v) is 2.44. The molecule has 0 aliphatic carbocycles. The molecule has 2 aromatic rings. The number of aromatic nitrogens is 4. The van der Waals surface area contributed by atoms with Crippen molar-refractivity contribution >= 4 is 5.69 Å². The smallest absolute Gasteiger partial charge is 0.191 e. The molecule has 0 spiro atoms. The van der Waals surface area contributed by atoms with Crippen molar-refractivity contribution in [1.29, 1.82) is 0 Å². The number of rotatable bonds is 4. The van der Waals surface area contributed by atoms with Crippen LogP contribution in [-0.2, 0) is 13.0 Å². The van der Waals surface area contributed by atoms with Gasteiger partial charge in [0.15, 0.2) is 5.82 Å². The number of aryl methyl sites for hydroxylation is 1. The van der Waals surface area contributed by atoms with Crippen molar-refractivity contribution in [3.63, 3.8) is 0 Å². The third-order valence-electron chi connectivity index (χ3n) is 3.51. The van der Waals surface area contributed by atoms with Crippen LogP contribution in [0.25, 0.3) is 0 Å². The van der Waals surface area contributed by atoms with Gasteiger partial charge in [-0.2, -0.15) is 5.21 Å². The van der Waals surface area contributed by atoms with E-state index in [1.54, 1.807) is 0 Å². The van der Waals surface area contributed by atoms with Crippen molar-refractivity contribution in [2.45, 2.75) is 32.4 Å². The number of fused-ring (bicyclic) bond motifs is 1. The van der Waals surface area contributed by atoms with Crippen LogP contribution in [0.1, 0.15) is 36.3 Å². The lowest BCUT2D eigenvalue weighted by Gasteiger charge is -2.22. The molecule has 0 radical (unpaired) electrons. The van der Waals surface area contributed by atoms with Gasteiger partial charge >= 0.3 is 0 Å². The summed E-state index contributed by atoms with van der Waals surface area (Å²) in [5.74, 6) is 0.692. The molecule has 0 bridgehead atoms. The Balaban J connectivity index is 1.70. The normalized spacial score (nSPS) is 15.6. The highest BCUT2D eigenvalue weighted by molar-refractivity contribution is 5.59. The first-order valence-corrected chi connectivity index (χ1v) is 6.66. The number of nitrogens with one attached hydrogen (secondary N) is 3. The van der Waals surface area contributed by atoms with Crippen LogP contribution in [0.2, 0.25) is 0 Å². The summed E-state index contributed by atoms with van der Waals surface area (Å²) in [6.45, 7) is 3.89. The number of H-pyrrole nitrogens is 1. The quantitative estimate of drug-likeness (QED) is 0.772. The molecule has 0 saturated heterocycles. The first kappa shape index (κ1) is 12.1. The minimum Gasteiger partial charge on any atom is -0.385 e. The van der Waals surface area contributed by atoms with Crippen LogP contribution in [0.3, 0.4) is 0 Å². The Morgan fingerprint density at radius 2 is 2.37 bits per heavy atom. The highest BCUT2D eigenvalue weighted by Crippen LogP contribution is 2.26. The summed E-state index contributed by atoms with van der Waals surface area (Å²) in [6, 6.07) is 6.57. The van der Waals surface area contributed by atoms with Crippen LogP contribution >= 0.6 is 0 Å². The molecule has 100 valence electrons. The number of benzene rings is 1. The predicted molar refractivity (Wildman–Crippen MR) is 72.7 cm³/mol. The molecule has 1 aromatic heterocycles. The lowest BCUT2D eigenvalue weighted by Crippen LogP contribution is -2.21. The lowest BCUT2D eigenvalue weighted by atomic mass is 9.99. The largest absolute Gasteiger partial charge is 0.385 e. The maximum Gasteiger partial charge on any atom is 0.191 e. The van der Waals surface area contributed by atoms with Gasteiger partial charge in [-0.25, -0.2) is 0 Å².